The van der Waals surface area contributed by atoms with Gasteiger partial charge in [-0.25, -0.2) is 0 Å². The first kappa shape index (κ1) is 15.8. The van der Waals surface area contributed by atoms with Crippen molar-refractivity contribution in [2.75, 3.05) is 11.1 Å². The molecule has 1 heterocycles. The Morgan fingerprint density at radius 2 is 1.87 bits per heavy atom. The zero-order valence-electron chi connectivity index (χ0n) is 11.8. The number of rotatable bonds is 3. The molecule has 4 nitrogen and oxygen atoms in total. The maximum absolute atomic E-state index is 12.2. The van der Waals surface area contributed by atoms with Gasteiger partial charge in [-0.15, -0.1) is 0 Å². The number of carbonyl (C=O) groups is 1. The second kappa shape index (κ2) is 6.60. The van der Waals surface area contributed by atoms with Gasteiger partial charge in [0, 0.05) is 25.9 Å². The lowest BCUT2D eigenvalue weighted by Crippen LogP contribution is -2.10. The van der Waals surface area contributed by atoms with E-state index >= 15 is 0 Å². The summed E-state index contributed by atoms with van der Waals surface area (Å²) in [5, 5.41) is 2.76. The number of hydrogen-bond acceptors (Lipinski definition) is 3. The van der Waals surface area contributed by atoms with Gasteiger partial charge in [0.25, 0.3) is 5.91 Å². The third-order valence-electron chi connectivity index (χ3n) is 3.17. The maximum atomic E-state index is 12.2. The quantitative estimate of drug-likeness (QED) is 0.548. The van der Waals surface area contributed by atoms with E-state index in [-0.39, 0.29) is 11.7 Å². The number of nitrogens with two attached hydrogens (primary N) is 1. The summed E-state index contributed by atoms with van der Waals surface area (Å²) >= 11 is 6.89. The number of hydrogen-bond donors (Lipinski definition) is 2. The second-order valence-corrected chi connectivity index (χ2v) is 6.64. The van der Waals surface area contributed by atoms with Crippen LogP contribution in [-0.2, 0) is 0 Å². The molecule has 6 heteroatoms. The van der Waals surface area contributed by atoms with Crippen LogP contribution in [0.15, 0.2) is 68.0 Å². The molecule has 0 atom stereocenters. The molecular formula is C17H12Br2N2O2. The van der Waals surface area contributed by atoms with Gasteiger partial charge in [0.1, 0.15) is 5.76 Å². The zero-order chi connectivity index (χ0) is 16.4. The first-order valence-corrected chi connectivity index (χ1v) is 8.34. The standard InChI is InChI=1S/C17H12Br2N2O2/c18-10-4-5-13(14(19)8-10)15-6-7-16(23-15)17(22)21-12-3-1-2-11(20)9-12/h1-9H,20H2,(H,21,22). The predicted octanol–water partition coefficient (Wildman–Crippen LogP) is 5.31. The van der Waals surface area contributed by atoms with E-state index < -0.39 is 0 Å². The highest BCUT2D eigenvalue weighted by Gasteiger charge is 2.14. The van der Waals surface area contributed by atoms with Crippen LogP contribution in [0, 0.1) is 0 Å². The Hall–Kier alpha value is -2.05. The summed E-state index contributed by atoms with van der Waals surface area (Å²) in [7, 11) is 0. The Morgan fingerprint density at radius 1 is 1.04 bits per heavy atom. The molecule has 0 aliphatic heterocycles. The summed E-state index contributed by atoms with van der Waals surface area (Å²) in [6.07, 6.45) is 0. The molecule has 0 fully saturated rings. The molecule has 0 radical (unpaired) electrons. The first-order valence-electron chi connectivity index (χ1n) is 6.75. The van der Waals surface area contributed by atoms with E-state index in [1.54, 1.807) is 36.4 Å². The minimum Gasteiger partial charge on any atom is -0.451 e. The first-order chi connectivity index (χ1) is 11.0. The highest BCUT2D eigenvalue weighted by Crippen LogP contribution is 2.32. The third-order valence-corrected chi connectivity index (χ3v) is 4.32. The minimum atomic E-state index is -0.324. The van der Waals surface area contributed by atoms with Crippen molar-refractivity contribution in [3.05, 3.63) is 69.3 Å². The van der Waals surface area contributed by atoms with Crippen LogP contribution in [0.4, 0.5) is 11.4 Å². The molecule has 2 aromatic carbocycles. The number of nitrogens with one attached hydrogen (secondary N) is 1. The van der Waals surface area contributed by atoms with Crippen LogP contribution in [0.2, 0.25) is 0 Å². The minimum absolute atomic E-state index is 0.234. The Bertz CT molecular complexity index is 875. The highest BCUT2D eigenvalue weighted by atomic mass is 79.9. The van der Waals surface area contributed by atoms with Gasteiger partial charge in [0.05, 0.1) is 0 Å². The lowest BCUT2D eigenvalue weighted by molar-refractivity contribution is 0.0997. The second-order valence-electron chi connectivity index (χ2n) is 4.87. The van der Waals surface area contributed by atoms with Crippen molar-refractivity contribution in [3.63, 3.8) is 0 Å². The van der Waals surface area contributed by atoms with Crippen molar-refractivity contribution >= 4 is 49.1 Å². The number of nitrogen functional groups attached to an aromatic ring is 1. The fraction of sp³-hybridized carbons (Fsp3) is 0. The summed E-state index contributed by atoms with van der Waals surface area (Å²) in [4.78, 5) is 12.2. The van der Waals surface area contributed by atoms with E-state index in [0.29, 0.717) is 17.1 Å². The molecule has 3 rings (SSSR count). The molecule has 23 heavy (non-hydrogen) atoms. The van der Waals surface area contributed by atoms with Crippen molar-refractivity contribution < 1.29 is 9.21 Å². The maximum Gasteiger partial charge on any atom is 0.291 e. The Morgan fingerprint density at radius 3 is 2.61 bits per heavy atom. The van der Waals surface area contributed by atoms with Gasteiger partial charge in [-0.3, -0.25) is 4.79 Å². The number of anilines is 2. The highest BCUT2D eigenvalue weighted by molar-refractivity contribution is 9.11. The Kier molecular flexibility index (Phi) is 4.54. The van der Waals surface area contributed by atoms with Crippen LogP contribution in [0.1, 0.15) is 10.6 Å². The fourth-order valence-electron chi connectivity index (χ4n) is 2.10. The summed E-state index contributed by atoms with van der Waals surface area (Å²) in [6.45, 7) is 0. The van der Waals surface area contributed by atoms with Gasteiger partial charge in [-0.2, -0.15) is 0 Å². The zero-order valence-corrected chi connectivity index (χ0v) is 15.0. The molecule has 3 aromatic rings. The number of amides is 1. The molecule has 116 valence electrons. The van der Waals surface area contributed by atoms with Gasteiger partial charge in [0.15, 0.2) is 5.76 Å². The largest absolute Gasteiger partial charge is 0.451 e. The van der Waals surface area contributed by atoms with E-state index in [1.807, 2.05) is 18.2 Å². The molecule has 0 spiro atoms. The van der Waals surface area contributed by atoms with E-state index in [4.69, 9.17) is 10.2 Å². The molecule has 3 N–H and O–H groups in total. The van der Waals surface area contributed by atoms with Crippen LogP contribution < -0.4 is 11.1 Å². The topological polar surface area (TPSA) is 68.3 Å². The third kappa shape index (κ3) is 3.65. The van der Waals surface area contributed by atoms with Gasteiger partial charge >= 0.3 is 0 Å². The van der Waals surface area contributed by atoms with Crippen LogP contribution in [0.25, 0.3) is 11.3 Å². The van der Waals surface area contributed by atoms with Crippen LogP contribution >= 0.6 is 31.9 Å². The molecule has 0 unspecified atom stereocenters. The van der Waals surface area contributed by atoms with E-state index in [2.05, 4.69) is 37.2 Å². The number of benzene rings is 2. The van der Waals surface area contributed by atoms with Gasteiger partial charge < -0.3 is 15.5 Å². The predicted molar refractivity (Wildman–Crippen MR) is 98.4 cm³/mol. The van der Waals surface area contributed by atoms with E-state index in [1.165, 1.54) is 0 Å². The lowest BCUT2D eigenvalue weighted by atomic mass is 10.2. The molecule has 0 bridgehead atoms. The molecule has 1 aromatic heterocycles. The summed E-state index contributed by atoms with van der Waals surface area (Å²) < 4.78 is 7.50. The molecule has 1 amide bonds. The molecule has 0 aliphatic carbocycles. The summed E-state index contributed by atoms with van der Waals surface area (Å²) in [5.41, 5.74) is 7.78. The monoisotopic (exact) mass is 434 g/mol. The Labute approximate surface area is 149 Å². The molecule has 0 saturated heterocycles. The smallest absolute Gasteiger partial charge is 0.291 e. The van der Waals surface area contributed by atoms with Gasteiger partial charge in [-0.05, 0) is 64.5 Å². The fourth-order valence-corrected chi connectivity index (χ4v) is 3.35. The summed E-state index contributed by atoms with van der Waals surface area (Å²) in [6, 6.07) is 16.1. The average Bonchev–Trinajstić information content (AvgIpc) is 2.97. The van der Waals surface area contributed by atoms with Crippen LogP contribution in [0.5, 0.6) is 0 Å². The van der Waals surface area contributed by atoms with Crippen molar-refractivity contribution in [3.8, 4) is 11.3 Å². The molecule has 0 aliphatic rings. The van der Waals surface area contributed by atoms with Gasteiger partial charge in [-0.1, -0.05) is 22.0 Å². The SMILES string of the molecule is Nc1cccc(NC(=O)c2ccc(-c3ccc(Br)cc3Br)o2)c1. The van der Waals surface area contributed by atoms with Gasteiger partial charge in [0.2, 0.25) is 0 Å². The average molecular weight is 436 g/mol. The van der Waals surface area contributed by atoms with Crippen LogP contribution in [-0.4, -0.2) is 5.91 Å². The van der Waals surface area contributed by atoms with Crippen LogP contribution in [0.3, 0.4) is 0 Å². The number of halogens is 2. The van der Waals surface area contributed by atoms with Crippen molar-refractivity contribution in [2.24, 2.45) is 0 Å². The van der Waals surface area contributed by atoms with Crippen molar-refractivity contribution in [1.82, 2.24) is 0 Å². The van der Waals surface area contributed by atoms with Crippen molar-refractivity contribution in [2.45, 2.75) is 0 Å². The van der Waals surface area contributed by atoms with E-state index in [9.17, 15) is 4.79 Å². The van der Waals surface area contributed by atoms with E-state index in [0.717, 1.165) is 14.5 Å². The normalized spacial score (nSPS) is 10.5. The Balaban J connectivity index is 1.82. The number of carbonyl (C=O) groups excluding carboxylic acids is 1. The number of furan rings is 1. The lowest BCUT2D eigenvalue weighted by Gasteiger charge is -2.04. The summed E-state index contributed by atoms with van der Waals surface area (Å²) in [5.74, 6) is 0.523. The molecular weight excluding hydrogens is 424 g/mol. The molecule has 0 saturated carbocycles. The van der Waals surface area contributed by atoms with Crippen molar-refractivity contribution in [1.29, 1.82) is 0 Å².